The second-order valence-electron chi connectivity index (χ2n) is 20.8. The molecule has 2 aliphatic rings. The van der Waals surface area contributed by atoms with Crippen LogP contribution in [0.15, 0.2) is 85.1 Å². The van der Waals surface area contributed by atoms with Gasteiger partial charge in [0.15, 0.2) is 12.6 Å². The van der Waals surface area contributed by atoms with Gasteiger partial charge in [-0.15, -0.1) is 0 Å². The first kappa shape index (κ1) is 70.3. The van der Waals surface area contributed by atoms with Crippen LogP contribution in [0.2, 0.25) is 0 Å². The van der Waals surface area contributed by atoms with Crippen molar-refractivity contribution in [3.05, 3.63) is 85.1 Å². The van der Waals surface area contributed by atoms with E-state index >= 15 is 0 Å². The molecular formula is C63H108O14. The molecule has 2 saturated heterocycles. The third-order valence-electron chi connectivity index (χ3n) is 13.9. The number of allylic oxidation sites excluding steroid dienone is 14. The fourth-order valence-corrected chi connectivity index (χ4v) is 9.05. The zero-order chi connectivity index (χ0) is 55.8. The highest BCUT2D eigenvalue weighted by Gasteiger charge is 2.47. The van der Waals surface area contributed by atoms with Gasteiger partial charge < -0.3 is 64.2 Å². The van der Waals surface area contributed by atoms with Gasteiger partial charge in [0.05, 0.1) is 26.4 Å². The van der Waals surface area contributed by atoms with Crippen LogP contribution >= 0.6 is 0 Å². The molecule has 77 heavy (non-hydrogen) atoms. The van der Waals surface area contributed by atoms with Gasteiger partial charge >= 0.3 is 5.97 Å². The number of carbonyl (C=O) groups excluding carboxylic acids is 1. The minimum absolute atomic E-state index is 0.0450. The number of hydrogen-bond acceptors (Lipinski definition) is 14. The predicted molar refractivity (Wildman–Crippen MR) is 307 cm³/mol. The van der Waals surface area contributed by atoms with Gasteiger partial charge in [-0.1, -0.05) is 195 Å². The topological polar surface area (TPSA) is 214 Å². The largest absolute Gasteiger partial charge is 0.457 e. The number of hydrogen-bond donors (Lipinski definition) is 7. The molecule has 2 fully saturated rings. The van der Waals surface area contributed by atoms with Crippen LogP contribution < -0.4 is 0 Å². The molecule has 0 saturated carbocycles. The molecule has 0 bridgehead atoms. The van der Waals surface area contributed by atoms with Crippen LogP contribution in [-0.4, -0.2) is 142 Å². The lowest BCUT2D eigenvalue weighted by Gasteiger charge is -2.42. The number of aliphatic hydroxyl groups excluding tert-OH is 7. The summed E-state index contributed by atoms with van der Waals surface area (Å²) in [7, 11) is 0. The zero-order valence-electron chi connectivity index (χ0n) is 47.7. The van der Waals surface area contributed by atoms with Crippen LogP contribution in [0.1, 0.15) is 206 Å². The van der Waals surface area contributed by atoms with Crippen LogP contribution in [0.25, 0.3) is 0 Å². The second-order valence-corrected chi connectivity index (χ2v) is 20.8. The lowest BCUT2D eigenvalue weighted by molar-refractivity contribution is -0.332. The van der Waals surface area contributed by atoms with Crippen molar-refractivity contribution in [3.8, 4) is 0 Å². The highest BCUT2D eigenvalue weighted by atomic mass is 16.7. The summed E-state index contributed by atoms with van der Waals surface area (Å²) in [5.41, 5.74) is 0. The first-order valence-corrected chi connectivity index (χ1v) is 30.2. The number of unbranched alkanes of at least 4 members (excludes halogenated alkanes) is 20. The third kappa shape index (κ3) is 35.5. The SMILES string of the molecule is CC/C=C\C/C=C\C/C=C\C/C=C\CCCCCCC(=O)OC(COCCCCCCCCCCCCC/C=C\C/C=C\C/C=C\CCCCCCC)COC1OC(COC2OC(CO)C(O)C(O)C2O)C(O)C(O)C1O. The normalized spacial score (nSPS) is 24.9. The number of aliphatic hydroxyl groups is 7. The zero-order valence-corrected chi connectivity index (χ0v) is 47.7. The Balaban J connectivity index is 1.70. The van der Waals surface area contributed by atoms with Gasteiger partial charge in [0.25, 0.3) is 0 Å². The van der Waals surface area contributed by atoms with E-state index in [0.29, 0.717) is 13.0 Å². The molecule has 2 heterocycles. The minimum Gasteiger partial charge on any atom is -0.457 e. The summed E-state index contributed by atoms with van der Waals surface area (Å²) in [6.07, 6.45) is 47.9. The molecular weight excluding hydrogens is 981 g/mol. The first-order chi connectivity index (χ1) is 37.6. The Labute approximate surface area is 465 Å². The Kier molecular flexibility index (Phi) is 44.7. The minimum atomic E-state index is -1.72. The van der Waals surface area contributed by atoms with E-state index in [1.54, 1.807) is 0 Å². The summed E-state index contributed by atoms with van der Waals surface area (Å²) in [6, 6.07) is 0. The Morgan fingerprint density at radius 3 is 1.32 bits per heavy atom. The molecule has 7 N–H and O–H groups in total. The van der Waals surface area contributed by atoms with E-state index in [1.165, 1.54) is 96.3 Å². The number of esters is 1. The molecule has 0 aromatic rings. The summed E-state index contributed by atoms with van der Waals surface area (Å²) in [6.45, 7) is 3.52. The predicted octanol–water partition coefficient (Wildman–Crippen LogP) is 11.2. The smallest absolute Gasteiger partial charge is 0.306 e. The number of rotatable bonds is 48. The molecule has 0 aliphatic carbocycles. The van der Waals surface area contributed by atoms with Crippen molar-refractivity contribution in [2.45, 2.75) is 274 Å². The maximum absolute atomic E-state index is 13.1. The third-order valence-corrected chi connectivity index (χ3v) is 13.9. The van der Waals surface area contributed by atoms with Crippen LogP contribution in [0, 0.1) is 0 Å². The van der Waals surface area contributed by atoms with E-state index in [4.69, 9.17) is 28.4 Å². The summed E-state index contributed by atoms with van der Waals surface area (Å²) in [5, 5.41) is 72.4. The summed E-state index contributed by atoms with van der Waals surface area (Å²) in [4.78, 5) is 13.1. The van der Waals surface area contributed by atoms with Crippen LogP contribution in [0.5, 0.6) is 0 Å². The lowest BCUT2D eigenvalue weighted by atomic mass is 9.98. The Hall–Kier alpha value is -2.83. The maximum atomic E-state index is 13.1. The monoisotopic (exact) mass is 1090 g/mol. The molecule has 0 spiro atoms. The van der Waals surface area contributed by atoms with Gasteiger partial charge in [-0.2, -0.15) is 0 Å². The van der Waals surface area contributed by atoms with Crippen molar-refractivity contribution in [1.29, 1.82) is 0 Å². The van der Waals surface area contributed by atoms with Gasteiger partial charge in [0.2, 0.25) is 0 Å². The summed E-state index contributed by atoms with van der Waals surface area (Å²) in [5.74, 6) is -0.402. The number of ether oxygens (including phenoxy) is 6. The molecule has 0 aromatic heterocycles. The second kappa shape index (κ2) is 49.0. The molecule has 444 valence electrons. The quantitative estimate of drug-likeness (QED) is 0.0172. The average Bonchev–Trinajstić information content (AvgIpc) is 3.43. The highest BCUT2D eigenvalue weighted by molar-refractivity contribution is 5.69. The molecule has 11 atom stereocenters. The molecule has 14 nitrogen and oxygen atoms in total. The van der Waals surface area contributed by atoms with Crippen molar-refractivity contribution in [1.82, 2.24) is 0 Å². The van der Waals surface area contributed by atoms with E-state index in [9.17, 15) is 40.5 Å². The van der Waals surface area contributed by atoms with Crippen molar-refractivity contribution < 1.29 is 69.0 Å². The van der Waals surface area contributed by atoms with Crippen molar-refractivity contribution in [3.63, 3.8) is 0 Å². The molecule has 0 aromatic carbocycles. The molecule has 2 aliphatic heterocycles. The molecule has 0 amide bonds. The van der Waals surface area contributed by atoms with Crippen LogP contribution in [-0.2, 0) is 33.2 Å². The van der Waals surface area contributed by atoms with Gasteiger partial charge in [-0.3, -0.25) is 4.79 Å². The molecule has 14 heteroatoms. The summed E-state index contributed by atoms with van der Waals surface area (Å²) >= 11 is 0. The van der Waals surface area contributed by atoms with Crippen LogP contribution in [0.4, 0.5) is 0 Å². The van der Waals surface area contributed by atoms with E-state index < -0.39 is 86.7 Å². The maximum Gasteiger partial charge on any atom is 0.306 e. The van der Waals surface area contributed by atoms with Crippen LogP contribution in [0.3, 0.4) is 0 Å². The lowest BCUT2D eigenvalue weighted by Crippen LogP contribution is -2.61. The fraction of sp³-hybridized carbons (Fsp3) is 0.762. The fourth-order valence-electron chi connectivity index (χ4n) is 9.05. The highest BCUT2D eigenvalue weighted by Crippen LogP contribution is 2.26. The Morgan fingerprint density at radius 1 is 0.442 bits per heavy atom. The van der Waals surface area contributed by atoms with E-state index in [1.807, 2.05) is 0 Å². The Morgan fingerprint density at radius 2 is 0.844 bits per heavy atom. The van der Waals surface area contributed by atoms with Crippen molar-refractivity contribution >= 4 is 5.97 Å². The molecule has 2 rings (SSSR count). The molecule has 0 radical (unpaired) electrons. The van der Waals surface area contributed by atoms with Crippen molar-refractivity contribution in [2.75, 3.05) is 33.0 Å². The number of carbonyl (C=O) groups is 1. The van der Waals surface area contributed by atoms with Gasteiger partial charge in [-0.05, 0) is 89.9 Å². The van der Waals surface area contributed by atoms with Gasteiger partial charge in [0, 0.05) is 13.0 Å². The van der Waals surface area contributed by atoms with Crippen molar-refractivity contribution in [2.24, 2.45) is 0 Å². The van der Waals surface area contributed by atoms with E-state index in [0.717, 1.165) is 83.5 Å². The molecule has 11 unspecified atom stereocenters. The van der Waals surface area contributed by atoms with Gasteiger partial charge in [0.1, 0.15) is 54.9 Å². The Bertz CT molecular complexity index is 1590. The average molecular weight is 1090 g/mol. The van der Waals surface area contributed by atoms with E-state index in [-0.39, 0.29) is 19.6 Å². The van der Waals surface area contributed by atoms with Gasteiger partial charge in [-0.25, -0.2) is 0 Å². The first-order valence-electron chi connectivity index (χ1n) is 30.2. The van der Waals surface area contributed by atoms with E-state index in [2.05, 4.69) is 98.9 Å². The standard InChI is InChI=1S/C63H108O14/c1-3-5-7-9-11-13-15-17-19-21-22-23-24-25-26-27-28-29-31-33-35-37-39-41-43-45-47-72-49-52(75-55(65)46-44-42-40-38-36-34-32-30-20-18-16-14-12-10-8-6-4-2)50-73-62-61(71)59(69)57(67)54(77-62)51-74-63-60(70)58(68)56(66)53(48-64)76-63/h6,8,12,14-15,17-18,20-22,24-25,32,34,52-54,56-64,66-71H,3-5,7,9-11,13,16,19,23,26-31,33,35-51H2,1-2H3/b8-6-,14-12-,17-15-,20-18-,22-21-,25-24-,34-32-. The summed E-state index contributed by atoms with van der Waals surface area (Å²) < 4.78 is 34.4.